The van der Waals surface area contributed by atoms with E-state index in [9.17, 15) is 9.18 Å². The highest BCUT2D eigenvalue weighted by Gasteiger charge is 2.15. The second-order valence-corrected chi connectivity index (χ2v) is 4.71. The Bertz CT molecular complexity index is 627. The maximum absolute atomic E-state index is 13.1. The van der Waals surface area contributed by atoms with Crippen LogP contribution in [0.25, 0.3) is 11.4 Å². The van der Waals surface area contributed by atoms with Gasteiger partial charge in [0.15, 0.2) is 5.82 Å². The fourth-order valence-electron chi connectivity index (χ4n) is 1.87. The van der Waals surface area contributed by atoms with Crippen LogP contribution in [0.15, 0.2) is 18.2 Å². The quantitative estimate of drug-likeness (QED) is 0.903. The van der Waals surface area contributed by atoms with E-state index in [-0.39, 0.29) is 5.82 Å². The van der Waals surface area contributed by atoms with Crippen molar-refractivity contribution in [2.24, 2.45) is 5.92 Å². The fraction of sp³-hybridized carbons (Fsp3) is 0.385. The van der Waals surface area contributed by atoms with E-state index in [1.165, 1.54) is 12.1 Å². The van der Waals surface area contributed by atoms with Crippen molar-refractivity contribution >= 4 is 5.97 Å². The molecule has 0 aliphatic heterocycles. The highest BCUT2D eigenvalue weighted by molar-refractivity contribution is 5.69. The van der Waals surface area contributed by atoms with Gasteiger partial charge in [-0.05, 0) is 47.5 Å². The summed E-state index contributed by atoms with van der Waals surface area (Å²) >= 11 is 0. The number of halogens is 1. The molecule has 0 bridgehead atoms. The van der Waals surface area contributed by atoms with E-state index in [0.717, 1.165) is 11.1 Å². The number of carbonyl (C=O) groups is 1. The van der Waals surface area contributed by atoms with E-state index >= 15 is 0 Å². The number of carboxylic acids is 1. The molecule has 20 heavy (non-hydrogen) atoms. The Kier molecular flexibility index (Phi) is 4.07. The van der Waals surface area contributed by atoms with E-state index in [0.29, 0.717) is 18.8 Å². The first-order valence-corrected chi connectivity index (χ1v) is 6.24. The van der Waals surface area contributed by atoms with Gasteiger partial charge >= 0.3 is 5.97 Å². The van der Waals surface area contributed by atoms with Gasteiger partial charge in [0, 0.05) is 12.1 Å². The molecule has 0 fully saturated rings. The van der Waals surface area contributed by atoms with Crippen LogP contribution in [0.1, 0.15) is 18.9 Å². The van der Waals surface area contributed by atoms with Crippen LogP contribution in [0, 0.1) is 18.7 Å². The number of aliphatic carboxylic acids is 1. The van der Waals surface area contributed by atoms with Gasteiger partial charge in [0.2, 0.25) is 0 Å². The molecular weight excluding hydrogens is 263 g/mol. The Morgan fingerprint density at radius 3 is 2.90 bits per heavy atom. The molecule has 106 valence electrons. The summed E-state index contributed by atoms with van der Waals surface area (Å²) in [6.07, 6.45) is 0.424. The lowest BCUT2D eigenvalue weighted by Crippen LogP contribution is -2.14. The van der Waals surface area contributed by atoms with Crippen LogP contribution in [0.2, 0.25) is 0 Å². The maximum atomic E-state index is 13.1. The van der Waals surface area contributed by atoms with Gasteiger partial charge in [-0.2, -0.15) is 0 Å². The molecule has 0 saturated carbocycles. The second-order valence-electron chi connectivity index (χ2n) is 4.71. The Hall–Kier alpha value is -2.31. The van der Waals surface area contributed by atoms with E-state index < -0.39 is 11.9 Å². The summed E-state index contributed by atoms with van der Waals surface area (Å²) in [7, 11) is 0. The largest absolute Gasteiger partial charge is 0.481 e. The molecule has 6 nitrogen and oxygen atoms in total. The number of hydrogen-bond donors (Lipinski definition) is 1. The van der Waals surface area contributed by atoms with Crippen LogP contribution in [-0.2, 0) is 11.3 Å². The Morgan fingerprint density at radius 2 is 2.25 bits per heavy atom. The summed E-state index contributed by atoms with van der Waals surface area (Å²) < 4.78 is 14.7. The normalized spacial score (nSPS) is 12.3. The third-order valence-electron chi connectivity index (χ3n) is 3.16. The molecular formula is C13H15FN4O2. The Morgan fingerprint density at radius 1 is 1.50 bits per heavy atom. The molecule has 1 N–H and O–H groups in total. The van der Waals surface area contributed by atoms with Gasteiger partial charge in [-0.15, -0.1) is 5.10 Å². The first-order chi connectivity index (χ1) is 9.49. The van der Waals surface area contributed by atoms with Crippen LogP contribution in [0.5, 0.6) is 0 Å². The zero-order valence-corrected chi connectivity index (χ0v) is 11.2. The van der Waals surface area contributed by atoms with E-state index in [4.69, 9.17) is 5.11 Å². The van der Waals surface area contributed by atoms with E-state index in [2.05, 4.69) is 15.5 Å². The van der Waals surface area contributed by atoms with Crippen molar-refractivity contribution in [1.82, 2.24) is 20.2 Å². The van der Waals surface area contributed by atoms with Gasteiger partial charge < -0.3 is 5.11 Å². The Balaban J connectivity index is 2.22. The second kappa shape index (κ2) is 5.77. The summed E-state index contributed by atoms with van der Waals surface area (Å²) in [4.78, 5) is 10.8. The average molecular weight is 278 g/mol. The minimum atomic E-state index is -0.849. The molecule has 2 rings (SSSR count). The summed E-state index contributed by atoms with van der Waals surface area (Å²) in [5, 5.41) is 20.3. The smallest absolute Gasteiger partial charge is 0.306 e. The van der Waals surface area contributed by atoms with Gasteiger partial charge in [0.05, 0.1) is 5.92 Å². The molecule has 0 spiro atoms. The predicted molar refractivity (Wildman–Crippen MR) is 69.4 cm³/mol. The minimum Gasteiger partial charge on any atom is -0.481 e. The molecule has 1 unspecified atom stereocenters. The molecule has 1 aromatic carbocycles. The van der Waals surface area contributed by atoms with Crippen molar-refractivity contribution in [1.29, 1.82) is 0 Å². The highest BCUT2D eigenvalue weighted by Crippen LogP contribution is 2.21. The lowest BCUT2D eigenvalue weighted by molar-refractivity contribution is -0.141. The SMILES string of the molecule is Cc1cc(F)ccc1-c1nnnn1CCC(C)C(=O)O. The molecule has 2 aromatic rings. The molecule has 1 atom stereocenters. The zero-order valence-electron chi connectivity index (χ0n) is 11.2. The molecule has 1 aromatic heterocycles. The van der Waals surface area contributed by atoms with Crippen LogP contribution in [0.3, 0.4) is 0 Å². The first-order valence-electron chi connectivity index (χ1n) is 6.24. The number of rotatable bonds is 5. The molecule has 0 aliphatic rings. The van der Waals surface area contributed by atoms with Crippen molar-refractivity contribution in [3.05, 3.63) is 29.6 Å². The third kappa shape index (κ3) is 2.98. The number of nitrogens with zero attached hydrogens (tertiary/aromatic N) is 4. The topological polar surface area (TPSA) is 80.9 Å². The fourth-order valence-corrected chi connectivity index (χ4v) is 1.87. The van der Waals surface area contributed by atoms with Gasteiger partial charge in [0.1, 0.15) is 5.82 Å². The number of hydrogen-bond acceptors (Lipinski definition) is 4. The number of benzene rings is 1. The summed E-state index contributed by atoms with van der Waals surface area (Å²) in [5.41, 5.74) is 1.46. The number of carboxylic acid groups (broad SMARTS) is 1. The van der Waals surface area contributed by atoms with Gasteiger partial charge in [-0.3, -0.25) is 4.79 Å². The number of aryl methyl sites for hydroxylation is 2. The van der Waals surface area contributed by atoms with Gasteiger partial charge in [-0.25, -0.2) is 9.07 Å². The lowest BCUT2D eigenvalue weighted by Gasteiger charge is -2.09. The zero-order chi connectivity index (χ0) is 14.7. The van der Waals surface area contributed by atoms with Crippen LogP contribution < -0.4 is 0 Å². The summed E-state index contributed by atoms with van der Waals surface area (Å²) in [6.45, 7) is 3.80. The van der Waals surface area contributed by atoms with Crippen molar-refractivity contribution in [3.63, 3.8) is 0 Å². The molecule has 0 saturated heterocycles. The predicted octanol–water partition coefficient (Wildman–Crippen LogP) is 1.90. The maximum Gasteiger partial charge on any atom is 0.306 e. The Labute approximate surface area is 115 Å². The van der Waals surface area contributed by atoms with Crippen LogP contribution in [-0.4, -0.2) is 31.3 Å². The summed E-state index contributed by atoms with van der Waals surface area (Å²) in [6, 6.07) is 4.38. The molecule has 0 amide bonds. The third-order valence-corrected chi connectivity index (χ3v) is 3.16. The van der Waals surface area contributed by atoms with E-state index in [1.807, 2.05) is 0 Å². The van der Waals surface area contributed by atoms with Crippen LogP contribution in [0.4, 0.5) is 4.39 Å². The molecule has 0 aliphatic carbocycles. The number of tetrazole rings is 1. The number of aromatic nitrogens is 4. The van der Waals surface area contributed by atoms with E-state index in [1.54, 1.807) is 24.6 Å². The van der Waals surface area contributed by atoms with Crippen LogP contribution >= 0.6 is 0 Å². The van der Waals surface area contributed by atoms with Crippen molar-refractivity contribution in [3.8, 4) is 11.4 Å². The lowest BCUT2D eigenvalue weighted by atomic mass is 10.1. The van der Waals surface area contributed by atoms with Crippen molar-refractivity contribution < 1.29 is 14.3 Å². The van der Waals surface area contributed by atoms with Gasteiger partial charge in [-0.1, -0.05) is 6.92 Å². The van der Waals surface area contributed by atoms with Crippen molar-refractivity contribution in [2.75, 3.05) is 0 Å². The monoisotopic (exact) mass is 278 g/mol. The molecule has 0 radical (unpaired) electrons. The minimum absolute atomic E-state index is 0.315. The standard InChI is InChI=1S/C13H15FN4O2/c1-8(13(19)20)5-6-18-12(15-16-17-18)11-4-3-10(14)7-9(11)2/h3-4,7-8H,5-6H2,1-2H3,(H,19,20). The summed E-state index contributed by atoms with van der Waals surface area (Å²) in [5.74, 6) is -1.12. The highest BCUT2D eigenvalue weighted by atomic mass is 19.1. The molecule has 1 heterocycles. The average Bonchev–Trinajstić information content (AvgIpc) is 2.84. The van der Waals surface area contributed by atoms with Gasteiger partial charge in [0.25, 0.3) is 0 Å². The first kappa shape index (κ1) is 14.1. The molecule has 7 heteroatoms. The van der Waals surface area contributed by atoms with Crippen molar-refractivity contribution in [2.45, 2.75) is 26.8 Å².